The minimum atomic E-state index is 0.260. The molecule has 0 spiro atoms. The monoisotopic (exact) mass is 248 g/mol. The fourth-order valence-corrected chi connectivity index (χ4v) is 2.69. The first kappa shape index (κ1) is 11.8. The lowest BCUT2D eigenvalue weighted by molar-refractivity contribution is 0.174. The van der Waals surface area contributed by atoms with Crippen LogP contribution in [0.4, 0.5) is 0 Å². The molecule has 0 amide bonds. The van der Waals surface area contributed by atoms with E-state index in [1.54, 1.807) is 0 Å². The third-order valence-electron chi connectivity index (χ3n) is 4.00. The van der Waals surface area contributed by atoms with Gasteiger partial charge in [-0.2, -0.15) is 0 Å². The van der Waals surface area contributed by atoms with Gasteiger partial charge >= 0.3 is 0 Å². The second kappa shape index (κ2) is 4.44. The highest BCUT2D eigenvalue weighted by atomic mass is 16.7. The van der Waals surface area contributed by atoms with Crippen LogP contribution in [-0.2, 0) is 6.54 Å². The van der Waals surface area contributed by atoms with Crippen molar-refractivity contribution in [1.29, 1.82) is 0 Å². The summed E-state index contributed by atoms with van der Waals surface area (Å²) in [6.45, 7) is 5.85. The van der Waals surface area contributed by atoms with Crippen LogP contribution in [0.5, 0.6) is 11.5 Å². The summed E-state index contributed by atoms with van der Waals surface area (Å²) < 4.78 is 10.7. The Morgan fingerprint density at radius 1 is 1.33 bits per heavy atom. The number of likely N-dealkylation sites (tertiary alicyclic amines) is 1. The zero-order chi connectivity index (χ0) is 12.6. The van der Waals surface area contributed by atoms with Crippen molar-refractivity contribution in [3.8, 4) is 11.5 Å². The maximum Gasteiger partial charge on any atom is 0.231 e. The van der Waals surface area contributed by atoms with Crippen LogP contribution in [0.1, 0.15) is 18.9 Å². The standard InChI is InChI=1S/C14H20N2O2/c1-14(15-2)5-6-16(9-14)8-11-3-4-12-13(7-11)18-10-17-12/h3-4,7,15H,5-6,8-10H2,1-2H3. The van der Waals surface area contributed by atoms with Gasteiger partial charge in [0.2, 0.25) is 6.79 Å². The summed E-state index contributed by atoms with van der Waals surface area (Å²) in [7, 11) is 2.05. The summed E-state index contributed by atoms with van der Waals surface area (Å²) in [4.78, 5) is 2.48. The number of fused-ring (bicyclic) bond motifs is 1. The molecule has 98 valence electrons. The molecule has 3 rings (SSSR count). The summed E-state index contributed by atoms with van der Waals surface area (Å²) in [5.74, 6) is 1.74. The summed E-state index contributed by atoms with van der Waals surface area (Å²) in [6, 6.07) is 6.23. The number of rotatable bonds is 3. The Morgan fingerprint density at radius 2 is 2.17 bits per heavy atom. The van der Waals surface area contributed by atoms with Gasteiger partial charge in [0, 0.05) is 25.2 Å². The Labute approximate surface area is 108 Å². The number of hydrogen-bond acceptors (Lipinski definition) is 4. The molecule has 0 aromatic heterocycles. The van der Waals surface area contributed by atoms with Crippen molar-refractivity contribution >= 4 is 0 Å². The molecule has 2 aliphatic heterocycles. The summed E-state index contributed by atoms with van der Waals surface area (Å²) >= 11 is 0. The van der Waals surface area contributed by atoms with Gasteiger partial charge in [0.05, 0.1) is 0 Å². The van der Waals surface area contributed by atoms with Gasteiger partial charge in [0.25, 0.3) is 0 Å². The molecular formula is C14H20N2O2. The predicted octanol–water partition coefficient (Wildman–Crippen LogP) is 1.60. The van der Waals surface area contributed by atoms with Gasteiger partial charge in [-0.1, -0.05) is 6.07 Å². The largest absolute Gasteiger partial charge is 0.454 e. The molecule has 1 atom stereocenters. The Bertz CT molecular complexity index is 449. The molecule has 18 heavy (non-hydrogen) atoms. The lowest BCUT2D eigenvalue weighted by atomic mass is 10.0. The molecule has 0 bridgehead atoms. The molecule has 4 nitrogen and oxygen atoms in total. The second-order valence-electron chi connectivity index (χ2n) is 5.46. The van der Waals surface area contributed by atoms with E-state index in [1.807, 2.05) is 13.1 Å². The van der Waals surface area contributed by atoms with Crippen molar-refractivity contribution in [1.82, 2.24) is 10.2 Å². The van der Waals surface area contributed by atoms with E-state index in [0.717, 1.165) is 31.1 Å². The fourth-order valence-electron chi connectivity index (χ4n) is 2.69. The molecule has 1 aromatic carbocycles. The lowest BCUT2D eigenvalue weighted by Gasteiger charge is -2.24. The number of nitrogens with one attached hydrogen (secondary N) is 1. The smallest absolute Gasteiger partial charge is 0.231 e. The van der Waals surface area contributed by atoms with Gasteiger partial charge in [-0.05, 0) is 38.1 Å². The zero-order valence-corrected chi connectivity index (χ0v) is 11.0. The average molecular weight is 248 g/mol. The van der Waals surface area contributed by atoms with Crippen LogP contribution in [-0.4, -0.2) is 37.4 Å². The van der Waals surface area contributed by atoms with Crippen molar-refractivity contribution in [2.75, 3.05) is 26.9 Å². The minimum Gasteiger partial charge on any atom is -0.454 e. The molecule has 4 heteroatoms. The predicted molar refractivity (Wildman–Crippen MR) is 69.9 cm³/mol. The fraction of sp³-hybridized carbons (Fsp3) is 0.571. The average Bonchev–Trinajstić information content (AvgIpc) is 2.96. The molecule has 1 N–H and O–H groups in total. The van der Waals surface area contributed by atoms with Crippen LogP contribution in [0, 0.1) is 0 Å². The molecule has 2 heterocycles. The minimum absolute atomic E-state index is 0.260. The third-order valence-corrected chi connectivity index (χ3v) is 4.00. The van der Waals surface area contributed by atoms with Crippen molar-refractivity contribution in [2.45, 2.75) is 25.4 Å². The van der Waals surface area contributed by atoms with Crippen LogP contribution in [0.2, 0.25) is 0 Å². The summed E-state index contributed by atoms with van der Waals surface area (Å²) in [5.41, 5.74) is 1.55. The highest BCUT2D eigenvalue weighted by molar-refractivity contribution is 5.44. The number of nitrogens with zero attached hydrogens (tertiary/aromatic N) is 1. The topological polar surface area (TPSA) is 33.7 Å². The third kappa shape index (κ3) is 2.18. The molecular weight excluding hydrogens is 228 g/mol. The van der Waals surface area contributed by atoms with E-state index in [9.17, 15) is 0 Å². The van der Waals surface area contributed by atoms with Crippen LogP contribution < -0.4 is 14.8 Å². The second-order valence-corrected chi connectivity index (χ2v) is 5.46. The van der Waals surface area contributed by atoms with Crippen molar-refractivity contribution < 1.29 is 9.47 Å². The van der Waals surface area contributed by atoms with E-state index in [4.69, 9.17) is 9.47 Å². The van der Waals surface area contributed by atoms with E-state index in [-0.39, 0.29) is 5.54 Å². The normalized spacial score (nSPS) is 26.8. The van der Waals surface area contributed by atoms with Gasteiger partial charge in [-0.25, -0.2) is 0 Å². The molecule has 0 radical (unpaired) electrons. The Morgan fingerprint density at radius 3 is 2.94 bits per heavy atom. The van der Waals surface area contributed by atoms with E-state index in [0.29, 0.717) is 6.79 Å². The van der Waals surface area contributed by atoms with E-state index < -0.39 is 0 Å². The van der Waals surface area contributed by atoms with E-state index in [2.05, 4.69) is 29.3 Å². The maximum atomic E-state index is 5.41. The first-order valence-electron chi connectivity index (χ1n) is 6.48. The SMILES string of the molecule is CNC1(C)CCN(Cc2ccc3c(c2)OCO3)C1. The molecule has 0 saturated carbocycles. The molecule has 1 saturated heterocycles. The number of ether oxygens (including phenoxy) is 2. The molecule has 1 aromatic rings. The lowest BCUT2D eigenvalue weighted by Crippen LogP contribution is -2.42. The van der Waals surface area contributed by atoms with Gasteiger partial charge < -0.3 is 14.8 Å². The van der Waals surface area contributed by atoms with Gasteiger partial charge in [0.1, 0.15) is 0 Å². The first-order chi connectivity index (χ1) is 8.68. The Kier molecular flexibility index (Phi) is 2.92. The summed E-state index contributed by atoms with van der Waals surface area (Å²) in [5, 5.41) is 3.41. The Hall–Kier alpha value is -1.26. The quantitative estimate of drug-likeness (QED) is 0.881. The number of hydrogen-bond donors (Lipinski definition) is 1. The van der Waals surface area contributed by atoms with Crippen molar-refractivity contribution in [2.24, 2.45) is 0 Å². The Balaban J connectivity index is 1.67. The van der Waals surface area contributed by atoms with E-state index >= 15 is 0 Å². The zero-order valence-electron chi connectivity index (χ0n) is 11.0. The highest BCUT2D eigenvalue weighted by Crippen LogP contribution is 2.33. The number of benzene rings is 1. The highest BCUT2D eigenvalue weighted by Gasteiger charge is 2.31. The molecule has 1 unspecified atom stereocenters. The van der Waals surface area contributed by atoms with Crippen LogP contribution >= 0.6 is 0 Å². The van der Waals surface area contributed by atoms with Gasteiger partial charge in [-0.3, -0.25) is 4.90 Å². The van der Waals surface area contributed by atoms with Gasteiger partial charge in [-0.15, -0.1) is 0 Å². The van der Waals surface area contributed by atoms with Crippen LogP contribution in [0.3, 0.4) is 0 Å². The molecule has 2 aliphatic rings. The first-order valence-corrected chi connectivity index (χ1v) is 6.48. The van der Waals surface area contributed by atoms with Crippen LogP contribution in [0.25, 0.3) is 0 Å². The van der Waals surface area contributed by atoms with E-state index in [1.165, 1.54) is 12.0 Å². The van der Waals surface area contributed by atoms with Gasteiger partial charge in [0.15, 0.2) is 11.5 Å². The molecule has 0 aliphatic carbocycles. The number of likely N-dealkylation sites (N-methyl/N-ethyl adjacent to an activating group) is 1. The summed E-state index contributed by atoms with van der Waals surface area (Å²) in [6.07, 6.45) is 1.20. The molecule has 1 fully saturated rings. The van der Waals surface area contributed by atoms with Crippen molar-refractivity contribution in [3.05, 3.63) is 23.8 Å². The van der Waals surface area contributed by atoms with Crippen molar-refractivity contribution in [3.63, 3.8) is 0 Å². The van der Waals surface area contributed by atoms with Crippen LogP contribution in [0.15, 0.2) is 18.2 Å². The maximum absolute atomic E-state index is 5.41.